The van der Waals surface area contributed by atoms with Crippen molar-refractivity contribution in [2.75, 3.05) is 6.54 Å². The van der Waals surface area contributed by atoms with Crippen LogP contribution < -0.4 is 40.2 Å². The average molecular weight is 415 g/mol. The van der Waals surface area contributed by atoms with Crippen LogP contribution in [0.4, 0.5) is 0 Å². The molecule has 0 aliphatic carbocycles. The van der Waals surface area contributed by atoms with Gasteiger partial charge in [0.15, 0.2) is 7.60 Å². The van der Waals surface area contributed by atoms with Gasteiger partial charge in [-0.3, -0.25) is 4.57 Å². The van der Waals surface area contributed by atoms with Gasteiger partial charge in [-0.05, 0) is 19.4 Å². The smallest absolute Gasteiger partial charge is 0.776 e. The first-order valence-corrected chi connectivity index (χ1v) is 6.77. The molecule has 0 amide bonds. The van der Waals surface area contributed by atoms with E-state index in [0.29, 0.717) is 0 Å². The van der Waals surface area contributed by atoms with Gasteiger partial charge in [-0.25, -0.2) is 0 Å². The van der Waals surface area contributed by atoms with Gasteiger partial charge in [0, 0.05) is 0 Å². The van der Waals surface area contributed by atoms with E-state index in [1.54, 1.807) is 0 Å². The summed E-state index contributed by atoms with van der Waals surface area (Å²) in [6, 6.07) is 0. The zero-order valence-electron chi connectivity index (χ0n) is 12.1. The molecule has 16 nitrogen and oxygen atoms in total. The Balaban J connectivity index is -0.0000000235. The molecule has 0 rings (SSSR count). The molecule has 0 aliphatic heterocycles. The SMILES string of the molecule is NCCCC(O)(P(=O)([O-])O)P(=O)(O)O.O.O.O.O.O.O.O.O.[Na+]. The van der Waals surface area contributed by atoms with Gasteiger partial charge < -0.3 is 78.8 Å². The molecule has 150 valence electrons. The summed E-state index contributed by atoms with van der Waals surface area (Å²) in [5.41, 5.74) is 4.98. The van der Waals surface area contributed by atoms with Crippen LogP contribution in [0.3, 0.4) is 0 Å². The monoisotopic (exact) mass is 415 g/mol. The van der Waals surface area contributed by atoms with E-state index in [9.17, 15) is 19.1 Å². The van der Waals surface area contributed by atoms with Gasteiger partial charge in [0.05, 0.1) is 0 Å². The zero-order valence-corrected chi connectivity index (χ0v) is 15.9. The molecule has 0 saturated heterocycles. The maximum atomic E-state index is 10.7. The topological polar surface area (TPSA) is 416 Å². The second kappa shape index (κ2) is 22.9. The molecule has 0 saturated carbocycles. The second-order valence-electron chi connectivity index (χ2n) is 2.73. The molecule has 2 atom stereocenters. The van der Waals surface area contributed by atoms with Gasteiger partial charge in [0.2, 0.25) is 5.08 Å². The van der Waals surface area contributed by atoms with Crippen molar-refractivity contribution in [2.45, 2.75) is 17.9 Å². The van der Waals surface area contributed by atoms with Gasteiger partial charge in [-0.1, -0.05) is 0 Å². The molecule has 0 fully saturated rings. The molecule has 0 heterocycles. The van der Waals surface area contributed by atoms with Crippen molar-refractivity contribution in [3.8, 4) is 0 Å². The molecule has 23 heavy (non-hydrogen) atoms. The largest absolute Gasteiger partial charge is 1.00 e. The van der Waals surface area contributed by atoms with E-state index < -0.39 is 26.7 Å². The summed E-state index contributed by atoms with van der Waals surface area (Å²) in [5, 5.41) is 5.74. The Kier molecular flexibility index (Phi) is 64.6. The van der Waals surface area contributed by atoms with Crippen molar-refractivity contribution >= 4 is 15.2 Å². The number of rotatable bonds is 5. The van der Waals surface area contributed by atoms with E-state index in [1.807, 2.05) is 0 Å². The molecule has 0 aromatic heterocycles. The fourth-order valence-electron chi connectivity index (χ4n) is 0.791. The fourth-order valence-corrected chi connectivity index (χ4v) is 3.00. The molecule has 19 heteroatoms. The fraction of sp³-hybridized carbons (Fsp3) is 1.00. The first-order valence-electron chi connectivity index (χ1n) is 3.58. The van der Waals surface area contributed by atoms with E-state index in [-0.39, 0.29) is 86.3 Å². The van der Waals surface area contributed by atoms with Crippen molar-refractivity contribution in [1.82, 2.24) is 0 Å². The summed E-state index contributed by atoms with van der Waals surface area (Å²) in [5.74, 6) is 0. The Hall–Kier alpha value is 0.900. The molecule has 22 N–H and O–H groups in total. The summed E-state index contributed by atoms with van der Waals surface area (Å²) >= 11 is 0. The normalized spacial score (nSPS) is 13.0. The van der Waals surface area contributed by atoms with Crippen LogP contribution in [-0.2, 0) is 9.13 Å². The maximum Gasteiger partial charge on any atom is 1.00 e. The number of aliphatic hydroxyl groups is 1. The Morgan fingerprint density at radius 3 is 1.26 bits per heavy atom. The van der Waals surface area contributed by atoms with Crippen molar-refractivity contribution < 1.29 is 107 Å². The summed E-state index contributed by atoms with van der Waals surface area (Å²) in [6.07, 6.45) is -0.959. The minimum absolute atomic E-state index is 0. The Bertz CT molecular complexity index is 269. The van der Waals surface area contributed by atoms with Gasteiger partial charge in [0.1, 0.15) is 0 Å². The quantitative estimate of drug-likeness (QED) is 0.211. The van der Waals surface area contributed by atoms with E-state index in [0.717, 1.165) is 0 Å². The third kappa shape index (κ3) is 17.5. The minimum Gasteiger partial charge on any atom is -0.776 e. The molecule has 0 aliphatic rings. The van der Waals surface area contributed by atoms with E-state index >= 15 is 0 Å². The van der Waals surface area contributed by atoms with Crippen LogP contribution in [0.1, 0.15) is 12.8 Å². The Morgan fingerprint density at radius 1 is 0.870 bits per heavy atom. The first-order chi connectivity index (χ1) is 6.06. The minimum atomic E-state index is -5.55. The van der Waals surface area contributed by atoms with Crippen LogP contribution in [-0.4, -0.2) is 75.2 Å². The van der Waals surface area contributed by atoms with Gasteiger partial charge in [-0.15, -0.1) is 0 Å². The van der Waals surface area contributed by atoms with Crippen LogP contribution >= 0.6 is 15.2 Å². The molecular weight excluding hydrogens is 387 g/mol. The zero-order chi connectivity index (χ0) is 11.6. The average Bonchev–Trinajstić information content (AvgIpc) is 1.95. The Morgan fingerprint density at radius 2 is 1.13 bits per heavy atom. The van der Waals surface area contributed by atoms with Crippen LogP contribution in [0.15, 0.2) is 0 Å². The van der Waals surface area contributed by atoms with E-state index in [4.69, 9.17) is 20.4 Å². The van der Waals surface area contributed by atoms with E-state index in [1.165, 1.54) is 0 Å². The van der Waals surface area contributed by atoms with Crippen LogP contribution in [0.25, 0.3) is 0 Å². The van der Waals surface area contributed by atoms with Gasteiger partial charge in [0.25, 0.3) is 0 Å². The molecule has 0 bridgehead atoms. The molecule has 0 aromatic carbocycles. The second-order valence-corrected chi connectivity index (χ2v) is 6.69. The summed E-state index contributed by atoms with van der Waals surface area (Å²) in [4.78, 5) is 36.3. The van der Waals surface area contributed by atoms with E-state index in [2.05, 4.69) is 0 Å². The number of nitrogens with two attached hydrogens (primary N) is 1. The van der Waals surface area contributed by atoms with Crippen molar-refractivity contribution in [2.24, 2.45) is 5.73 Å². The number of hydrogen-bond acceptors (Lipinski definition) is 5. The predicted molar refractivity (Wildman–Crippen MR) is 74.0 cm³/mol. The number of hydrogen-bond donors (Lipinski definition) is 5. The summed E-state index contributed by atoms with van der Waals surface area (Å²) < 4.78 is 21.3. The summed E-state index contributed by atoms with van der Waals surface area (Å²) in [6.45, 7) is -0.0672. The molecule has 2 unspecified atom stereocenters. The molecular formula is C4H28NNaO15P2. The summed E-state index contributed by atoms with van der Waals surface area (Å²) in [7, 11) is -10.9. The van der Waals surface area contributed by atoms with Gasteiger partial charge >= 0.3 is 37.2 Å². The van der Waals surface area contributed by atoms with Gasteiger partial charge in [-0.2, -0.15) is 0 Å². The molecule has 0 aromatic rings. The first kappa shape index (κ1) is 64.9. The van der Waals surface area contributed by atoms with Crippen LogP contribution in [0.5, 0.6) is 0 Å². The van der Waals surface area contributed by atoms with Crippen LogP contribution in [0.2, 0.25) is 0 Å². The van der Waals surface area contributed by atoms with Crippen LogP contribution in [0, 0.1) is 0 Å². The predicted octanol–water partition coefficient (Wildman–Crippen LogP) is -11.5. The van der Waals surface area contributed by atoms with Crippen molar-refractivity contribution in [1.29, 1.82) is 0 Å². The standard InChI is InChI=1S/C4H13NO7P2.Na.8H2O/c5-3-1-2-4(6,13(7,8)9)14(10,11)12;;;;;;;;;/h6H,1-3,5H2,(H2,7,8,9)(H2,10,11,12);;8*1H2/q;+1;;;;;;;;/p-1. The molecule has 0 spiro atoms. The third-order valence-electron chi connectivity index (χ3n) is 1.64. The maximum absolute atomic E-state index is 10.7. The Labute approximate surface area is 152 Å². The molecule has 0 radical (unpaired) electrons. The van der Waals surface area contributed by atoms with Crippen molar-refractivity contribution in [3.05, 3.63) is 0 Å². The third-order valence-corrected chi connectivity index (χ3v) is 5.46. The van der Waals surface area contributed by atoms with Crippen molar-refractivity contribution in [3.63, 3.8) is 0 Å².